The van der Waals surface area contributed by atoms with Crippen LogP contribution < -0.4 is 0 Å². The van der Waals surface area contributed by atoms with E-state index in [0.717, 1.165) is 77.9 Å². The van der Waals surface area contributed by atoms with Crippen molar-refractivity contribution in [3.05, 3.63) is 310 Å². The van der Waals surface area contributed by atoms with Gasteiger partial charge in [0.05, 0.1) is 14.2 Å². The first kappa shape index (κ1) is 44.3. The Hall–Kier alpha value is -8.86. The molecule has 0 heterocycles. The Morgan fingerprint density at radius 1 is 0.294 bits per heavy atom. The summed E-state index contributed by atoms with van der Waals surface area (Å²) < 4.78 is 9.82. The fraction of sp³-hybridized carbons (Fsp3) is 0.0312. The second-order valence-electron chi connectivity index (χ2n) is 16.1. The van der Waals surface area contributed by atoms with Crippen LogP contribution in [0.3, 0.4) is 0 Å². The quantitative estimate of drug-likeness (QED) is 0.101. The summed E-state index contributed by atoms with van der Waals surface area (Å²) in [6, 6.07) is 79.3. The van der Waals surface area contributed by atoms with Crippen LogP contribution in [0.1, 0.15) is 55.6 Å². The average molecular weight is 881 g/mol. The molecular formula is C64H48O4. The first-order valence-electron chi connectivity index (χ1n) is 22.6. The summed E-state index contributed by atoms with van der Waals surface area (Å²) >= 11 is 0. The van der Waals surface area contributed by atoms with E-state index in [0.29, 0.717) is 0 Å². The second-order valence-corrected chi connectivity index (χ2v) is 16.1. The minimum absolute atomic E-state index is 0.381. The molecule has 0 aromatic heterocycles. The molecular weight excluding hydrogens is 833 g/mol. The lowest BCUT2D eigenvalue weighted by atomic mass is 9.88. The summed E-state index contributed by atoms with van der Waals surface area (Å²) in [6.07, 6.45) is 6.76. The molecule has 8 aromatic carbocycles. The Morgan fingerprint density at radius 3 is 0.838 bits per heavy atom. The minimum Gasteiger partial charge on any atom is -0.466 e. The molecule has 2 aliphatic rings. The molecule has 4 nitrogen and oxygen atoms in total. The number of allylic oxidation sites excluding steroid dienone is 8. The zero-order valence-corrected chi connectivity index (χ0v) is 37.9. The lowest BCUT2D eigenvalue weighted by Gasteiger charge is -2.15. The number of carbonyl (C=O) groups is 2. The maximum atomic E-state index is 12.1. The number of esters is 2. The number of ether oxygens (including phenoxy) is 2. The van der Waals surface area contributed by atoms with Crippen molar-refractivity contribution in [3.8, 4) is 0 Å². The van der Waals surface area contributed by atoms with E-state index >= 15 is 0 Å². The number of fused-ring (bicyclic) bond motifs is 2. The number of methoxy groups -OCH3 is 2. The fourth-order valence-corrected chi connectivity index (χ4v) is 9.10. The molecule has 0 fully saturated rings. The van der Waals surface area contributed by atoms with Crippen molar-refractivity contribution in [1.82, 2.24) is 0 Å². The lowest BCUT2D eigenvalue weighted by Crippen LogP contribution is -1.96. The van der Waals surface area contributed by atoms with Crippen molar-refractivity contribution in [2.45, 2.75) is 0 Å². The van der Waals surface area contributed by atoms with Crippen LogP contribution in [-0.2, 0) is 19.1 Å². The van der Waals surface area contributed by atoms with E-state index in [2.05, 4.69) is 170 Å². The van der Waals surface area contributed by atoms with E-state index in [1.165, 1.54) is 48.6 Å². The van der Waals surface area contributed by atoms with E-state index in [9.17, 15) is 9.59 Å². The van der Waals surface area contributed by atoms with Gasteiger partial charge in [-0.15, -0.1) is 0 Å². The van der Waals surface area contributed by atoms with Crippen molar-refractivity contribution >= 4 is 56.5 Å². The van der Waals surface area contributed by atoms with E-state index in [4.69, 9.17) is 9.47 Å². The number of carbonyl (C=O) groups excluding carboxylic acids is 2. The molecule has 68 heavy (non-hydrogen) atoms. The van der Waals surface area contributed by atoms with Gasteiger partial charge >= 0.3 is 11.9 Å². The van der Waals surface area contributed by atoms with Gasteiger partial charge in [0.15, 0.2) is 0 Å². The molecule has 0 spiro atoms. The van der Waals surface area contributed by atoms with Crippen molar-refractivity contribution in [2.24, 2.45) is 0 Å². The highest BCUT2D eigenvalue weighted by molar-refractivity contribution is 6.31. The maximum Gasteiger partial charge on any atom is 0.330 e. The zero-order chi connectivity index (χ0) is 46.7. The Morgan fingerprint density at radius 2 is 0.544 bits per heavy atom. The Bertz CT molecular complexity index is 3040. The largest absolute Gasteiger partial charge is 0.466 e. The predicted molar refractivity (Wildman–Crippen MR) is 279 cm³/mol. The molecule has 0 N–H and O–H groups in total. The minimum atomic E-state index is -0.381. The van der Waals surface area contributed by atoms with Crippen LogP contribution in [0.4, 0.5) is 0 Å². The molecule has 0 aliphatic heterocycles. The van der Waals surface area contributed by atoms with Crippen LogP contribution in [0.5, 0.6) is 0 Å². The van der Waals surface area contributed by atoms with E-state index in [1.54, 1.807) is 0 Å². The van der Waals surface area contributed by atoms with Crippen LogP contribution in [0.2, 0.25) is 0 Å². The third-order valence-corrected chi connectivity index (χ3v) is 12.1. The monoisotopic (exact) mass is 880 g/mol. The third kappa shape index (κ3) is 9.30. The molecule has 0 bridgehead atoms. The molecule has 328 valence electrons. The summed E-state index contributed by atoms with van der Waals surface area (Å²) in [5.74, 6) is -0.761. The van der Waals surface area contributed by atoms with Gasteiger partial charge in [0.25, 0.3) is 0 Å². The zero-order valence-electron chi connectivity index (χ0n) is 37.9. The molecule has 0 radical (unpaired) electrons. The number of hydrogen-bond acceptors (Lipinski definition) is 4. The summed E-state index contributed by atoms with van der Waals surface area (Å²) in [4.78, 5) is 24.2. The van der Waals surface area contributed by atoms with Crippen LogP contribution in [0.25, 0.3) is 44.6 Å². The van der Waals surface area contributed by atoms with Crippen molar-refractivity contribution in [2.75, 3.05) is 14.2 Å². The average Bonchev–Trinajstić information content (AvgIpc) is 3.94. The highest BCUT2D eigenvalue weighted by Gasteiger charge is 2.32. The van der Waals surface area contributed by atoms with Gasteiger partial charge in [-0.25, -0.2) is 9.59 Å². The van der Waals surface area contributed by atoms with Gasteiger partial charge < -0.3 is 9.47 Å². The molecule has 2 aliphatic carbocycles. The Kier molecular flexibility index (Phi) is 13.7. The molecule has 0 unspecified atom stereocenters. The van der Waals surface area contributed by atoms with E-state index < -0.39 is 0 Å². The van der Waals surface area contributed by atoms with Crippen molar-refractivity contribution < 1.29 is 19.1 Å². The first-order valence-corrected chi connectivity index (χ1v) is 22.6. The maximum absolute atomic E-state index is 12.1. The number of benzene rings is 8. The van der Waals surface area contributed by atoms with Crippen LogP contribution in [-0.4, -0.2) is 26.2 Å². The summed E-state index contributed by atoms with van der Waals surface area (Å²) in [7, 11) is 2.80. The normalized spacial score (nSPS) is 14.3. The SMILES string of the molecule is COC(=O)/C=C/C(=C1\C(c2ccccc2)=C(c2ccccc2)c2ccccc21)c1ccccc1.COC(=O)/C=C/C(=C1\C(c2ccccc2)=C(c2ccccc2)c2ccccc21)c1ccccc1. The molecule has 4 heteroatoms. The number of rotatable bonds is 10. The van der Waals surface area contributed by atoms with Crippen molar-refractivity contribution in [3.63, 3.8) is 0 Å². The second kappa shape index (κ2) is 21.0. The highest BCUT2D eigenvalue weighted by atomic mass is 16.5. The summed E-state index contributed by atoms with van der Waals surface area (Å²) in [6.45, 7) is 0. The van der Waals surface area contributed by atoms with Crippen molar-refractivity contribution in [1.29, 1.82) is 0 Å². The Labute approximate surface area is 398 Å². The van der Waals surface area contributed by atoms with Crippen LogP contribution >= 0.6 is 0 Å². The van der Waals surface area contributed by atoms with Gasteiger partial charge in [-0.05, 0) is 112 Å². The summed E-state index contributed by atoms with van der Waals surface area (Å²) in [5, 5.41) is 0. The smallest absolute Gasteiger partial charge is 0.330 e. The van der Waals surface area contributed by atoms with Gasteiger partial charge in [-0.1, -0.05) is 231 Å². The molecule has 0 atom stereocenters. The van der Waals surface area contributed by atoms with Gasteiger partial charge in [0.2, 0.25) is 0 Å². The van der Waals surface area contributed by atoms with Gasteiger partial charge in [0.1, 0.15) is 0 Å². The van der Waals surface area contributed by atoms with E-state index in [-0.39, 0.29) is 11.9 Å². The molecule has 10 rings (SSSR count). The lowest BCUT2D eigenvalue weighted by molar-refractivity contribution is -0.135. The molecule has 0 saturated carbocycles. The van der Waals surface area contributed by atoms with E-state index in [1.807, 2.05) is 72.8 Å². The number of hydrogen-bond donors (Lipinski definition) is 0. The Balaban J connectivity index is 0.000000170. The predicted octanol–water partition coefficient (Wildman–Crippen LogP) is 14.6. The molecule has 0 saturated heterocycles. The van der Waals surface area contributed by atoms with Gasteiger partial charge in [0, 0.05) is 12.2 Å². The molecule has 0 amide bonds. The topological polar surface area (TPSA) is 52.6 Å². The standard InChI is InChI=1S/2C32H24O2/c2*1-34-29(33)22-21-26(23-13-5-2-6-14-23)32-28-20-12-11-19-27(28)30(24-15-7-3-8-16-24)31(32)25-17-9-4-10-18-25/h2*2-22H,1H3/b2*22-21+,32-26+. The van der Waals surface area contributed by atoms with Gasteiger partial charge in [-0.3, -0.25) is 0 Å². The first-order chi connectivity index (χ1) is 33.6. The summed E-state index contributed by atoms with van der Waals surface area (Å²) in [5.41, 5.74) is 20.2. The molecule has 8 aromatic rings. The third-order valence-electron chi connectivity index (χ3n) is 12.1. The van der Waals surface area contributed by atoms with Gasteiger partial charge in [-0.2, -0.15) is 0 Å². The van der Waals surface area contributed by atoms with Crippen LogP contribution in [0.15, 0.2) is 255 Å². The highest BCUT2D eigenvalue weighted by Crippen LogP contribution is 2.53. The fourth-order valence-electron chi connectivity index (χ4n) is 9.10. The van der Waals surface area contributed by atoms with Crippen LogP contribution in [0, 0.1) is 0 Å².